The van der Waals surface area contributed by atoms with Crippen LogP contribution in [-0.2, 0) is 13.8 Å². The molecule has 1 heterocycles. The molecule has 15 heavy (non-hydrogen) atoms. The van der Waals surface area contributed by atoms with Crippen LogP contribution in [0, 0.1) is 0 Å². The molecule has 3 atom stereocenters. The number of nitrogens with two attached hydrogens (primary N) is 1. The number of aliphatic hydroxyl groups excluding tert-OH is 1. The van der Waals surface area contributed by atoms with Crippen LogP contribution in [0.4, 0.5) is 0 Å². The summed E-state index contributed by atoms with van der Waals surface area (Å²) in [5.41, 5.74) is 5.47. The van der Waals surface area contributed by atoms with Crippen LogP contribution in [0.2, 0.25) is 0 Å². The van der Waals surface area contributed by atoms with E-state index in [0.29, 0.717) is 0 Å². The Morgan fingerprint density at radius 1 is 1.60 bits per heavy atom. The average Bonchev–Trinajstić information content (AvgIpc) is 2.39. The van der Waals surface area contributed by atoms with E-state index in [4.69, 9.17) is 25.4 Å². The maximum absolute atomic E-state index is 10.4. The van der Waals surface area contributed by atoms with E-state index in [1.807, 2.05) is 0 Å². The molecule has 1 rings (SSSR count). The van der Waals surface area contributed by atoms with Crippen molar-refractivity contribution in [3.8, 4) is 0 Å². The van der Waals surface area contributed by atoms with E-state index >= 15 is 0 Å². The highest BCUT2D eigenvalue weighted by Gasteiger charge is 2.45. The molecule has 0 saturated carbocycles. The first-order chi connectivity index (χ1) is 6.77. The Bertz CT molecular complexity index is 268. The number of aliphatic hydroxyl groups is 2. The molecule has 0 bridgehead atoms. The molecule has 9 heteroatoms. The minimum absolute atomic E-state index is 0.150. The van der Waals surface area contributed by atoms with E-state index in [1.165, 1.54) is 0 Å². The molecule has 90 valence electrons. The summed E-state index contributed by atoms with van der Waals surface area (Å²) < 4.78 is 19.5. The zero-order chi connectivity index (χ0) is 11.7. The molecule has 1 saturated heterocycles. The molecule has 1 aliphatic heterocycles. The summed E-state index contributed by atoms with van der Waals surface area (Å²) in [5, 5.41) is 18.3. The number of ether oxygens (including phenoxy) is 1. The van der Waals surface area contributed by atoms with Crippen molar-refractivity contribution in [1.82, 2.24) is 0 Å². The first-order valence-corrected chi connectivity index (χ1v) is 5.76. The molecule has 0 aromatic heterocycles. The van der Waals surface area contributed by atoms with Gasteiger partial charge in [0.25, 0.3) is 0 Å². The smallest absolute Gasteiger partial charge is 0.391 e. The first kappa shape index (κ1) is 13.0. The molecule has 1 aliphatic rings. The molecule has 0 aromatic carbocycles. The Morgan fingerprint density at radius 3 is 2.60 bits per heavy atom. The monoisotopic (exact) mass is 243 g/mol. The molecule has 0 amide bonds. The first-order valence-electron chi connectivity index (χ1n) is 4.23. The zero-order valence-corrected chi connectivity index (χ0v) is 8.71. The van der Waals surface area contributed by atoms with Crippen molar-refractivity contribution in [3.05, 3.63) is 0 Å². The number of phosphoric ester groups is 1. The summed E-state index contributed by atoms with van der Waals surface area (Å²) in [6.45, 7) is -1.07. The minimum atomic E-state index is -4.55. The third-order valence-electron chi connectivity index (χ3n) is 2.12. The predicted octanol–water partition coefficient (Wildman–Crippen LogP) is -2.11. The largest absolute Gasteiger partial charge is 0.469 e. The highest BCUT2D eigenvalue weighted by Crippen LogP contribution is 2.37. The highest BCUT2D eigenvalue weighted by molar-refractivity contribution is 7.46. The van der Waals surface area contributed by atoms with Crippen LogP contribution in [0.5, 0.6) is 0 Å². The van der Waals surface area contributed by atoms with Crippen LogP contribution in [0.15, 0.2) is 0 Å². The van der Waals surface area contributed by atoms with E-state index in [0.717, 1.165) is 0 Å². The summed E-state index contributed by atoms with van der Waals surface area (Å²) in [6, 6.07) is -0.812. The molecule has 0 radical (unpaired) electrons. The number of phosphoric acid groups is 1. The standard InChI is InChI=1S/C6H14NO7P/c7-5-1-4(2-13-15(10,11)12)14-6(5,9)3-8/h4-5,8-9H,1-3,7H2,(H2,10,11,12). The van der Waals surface area contributed by atoms with E-state index in [1.54, 1.807) is 0 Å². The molecule has 6 N–H and O–H groups in total. The van der Waals surface area contributed by atoms with E-state index in [2.05, 4.69) is 4.52 Å². The highest BCUT2D eigenvalue weighted by atomic mass is 31.2. The normalized spacial score (nSPS) is 37.1. The van der Waals surface area contributed by atoms with Gasteiger partial charge in [-0.05, 0) is 6.42 Å². The molecule has 0 aliphatic carbocycles. The van der Waals surface area contributed by atoms with Gasteiger partial charge in [0.05, 0.1) is 25.4 Å². The molecule has 0 aromatic rings. The van der Waals surface area contributed by atoms with Gasteiger partial charge in [-0.1, -0.05) is 0 Å². The van der Waals surface area contributed by atoms with Gasteiger partial charge in [0.2, 0.25) is 5.79 Å². The summed E-state index contributed by atoms with van der Waals surface area (Å²) in [6.07, 6.45) is -0.596. The van der Waals surface area contributed by atoms with Crippen LogP contribution in [0.1, 0.15) is 6.42 Å². The van der Waals surface area contributed by atoms with Gasteiger partial charge in [-0.2, -0.15) is 0 Å². The van der Waals surface area contributed by atoms with Crippen molar-refractivity contribution in [3.63, 3.8) is 0 Å². The van der Waals surface area contributed by atoms with Gasteiger partial charge in [-0.15, -0.1) is 0 Å². The third-order valence-corrected chi connectivity index (χ3v) is 2.61. The summed E-state index contributed by atoms with van der Waals surface area (Å²) in [5.74, 6) is -1.86. The maximum Gasteiger partial charge on any atom is 0.469 e. The molecular formula is C6H14NO7P. The van der Waals surface area contributed by atoms with Crippen molar-refractivity contribution in [2.75, 3.05) is 13.2 Å². The topological polar surface area (TPSA) is 142 Å². The van der Waals surface area contributed by atoms with Crippen LogP contribution < -0.4 is 5.73 Å². The Balaban J connectivity index is 2.46. The number of hydrogen-bond acceptors (Lipinski definition) is 6. The number of rotatable bonds is 4. The number of hydrogen-bond donors (Lipinski definition) is 5. The van der Waals surface area contributed by atoms with Gasteiger partial charge in [0, 0.05) is 0 Å². The van der Waals surface area contributed by atoms with Gasteiger partial charge in [-0.3, -0.25) is 4.52 Å². The fraction of sp³-hybridized carbons (Fsp3) is 1.00. The summed E-state index contributed by atoms with van der Waals surface area (Å²) >= 11 is 0. The zero-order valence-electron chi connectivity index (χ0n) is 7.81. The van der Waals surface area contributed by atoms with Gasteiger partial charge in [0.1, 0.15) is 0 Å². The second kappa shape index (κ2) is 4.44. The maximum atomic E-state index is 10.4. The second-order valence-corrected chi connectivity index (χ2v) is 4.61. The quantitative estimate of drug-likeness (QED) is 0.353. The van der Waals surface area contributed by atoms with Crippen molar-refractivity contribution in [2.24, 2.45) is 5.73 Å². The lowest BCUT2D eigenvalue weighted by atomic mass is 10.1. The van der Waals surface area contributed by atoms with Gasteiger partial charge < -0.3 is 30.5 Å². The predicted molar refractivity (Wildman–Crippen MR) is 47.5 cm³/mol. The lowest BCUT2D eigenvalue weighted by Crippen LogP contribution is -2.47. The van der Waals surface area contributed by atoms with E-state index in [9.17, 15) is 9.67 Å². The molecule has 8 nitrogen and oxygen atoms in total. The Hall–Kier alpha value is -0.0500. The van der Waals surface area contributed by atoms with Gasteiger partial charge in [-0.25, -0.2) is 4.57 Å². The third kappa shape index (κ3) is 3.47. The van der Waals surface area contributed by atoms with Crippen molar-refractivity contribution in [2.45, 2.75) is 24.4 Å². The lowest BCUT2D eigenvalue weighted by Gasteiger charge is -2.23. The SMILES string of the molecule is NC1CC(COP(=O)(O)O)OC1(O)CO. The molecule has 3 unspecified atom stereocenters. The van der Waals surface area contributed by atoms with Crippen LogP contribution in [-0.4, -0.2) is 51.1 Å². The van der Waals surface area contributed by atoms with Crippen LogP contribution in [0.25, 0.3) is 0 Å². The van der Waals surface area contributed by atoms with Crippen LogP contribution >= 0.6 is 7.82 Å². The van der Waals surface area contributed by atoms with Gasteiger partial charge >= 0.3 is 7.82 Å². The summed E-state index contributed by atoms with van der Waals surface area (Å²) in [7, 11) is -4.55. The van der Waals surface area contributed by atoms with E-state index in [-0.39, 0.29) is 13.0 Å². The average molecular weight is 243 g/mol. The Kier molecular flexibility index (Phi) is 3.85. The molecule has 1 fully saturated rings. The summed E-state index contributed by atoms with van der Waals surface area (Å²) in [4.78, 5) is 16.8. The van der Waals surface area contributed by atoms with Crippen molar-refractivity contribution < 1.29 is 33.8 Å². The lowest BCUT2D eigenvalue weighted by molar-refractivity contribution is -0.221. The van der Waals surface area contributed by atoms with Crippen molar-refractivity contribution >= 4 is 7.82 Å². The Morgan fingerprint density at radius 2 is 2.20 bits per heavy atom. The van der Waals surface area contributed by atoms with Crippen LogP contribution in [0.3, 0.4) is 0 Å². The van der Waals surface area contributed by atoms with E-state index < -0.39 is 32.4 Å². The van der Waals surface area contributed by atoms with Crippen molar-refractivity contribution in [1.29, 1.82) is 0 Å². The minimum Gasteiger partial charge on any atom is -0.391 e. The van der Waals surface area contributed by atoms with Gasteiger partial charge in [0.15, 0.2) is 0 Å². The molecular weight excluding hydrogens is 229 g/mol. The Labute approximate surface area is 85.9 Å². The fourth-order valence-electron chi connectivity index (χ4n) is 1.33. The molecule has 0 spiro atoms. The second-order valence-electron chi connectivity index (χ2n) is 3.37. The fourth-order valence-corrected chi connectivity index (χ4v) is 1.69.